The van der Waals surface area contributed by atoms with Gasteiger partial charge in [0, 0.05) is 28.7 Å². The highest BCUT2D eigenvalue weighted by Gasteiger charge is 2.35. The Morgan fingerprint density at radius 1 is 1.16 bits per heavy atom. The Hall–Kier alpha value is -2.89. The quantitative estimate of drug-likeness (QED) is 0.859. The van der Waals surface area contributed by atoms with Crippen LogP contribution in [0.2, 0.25) is 5.02 Å². The van der Waals surface area contributed by atoms with Gasteiger partial charge in [-0.2, -0.15) is 4.99 Å². The Morgan fingerprint density at radius 3 is 2.80 bits per heavy atom. The van der Waals surface area contributed by atoms with Crippen LogP contribution in [0.5, 0.6) is 0 Å². The predicted molar refractivity (Wildman–Crippen MR) is 101 cm³/mol. The van der Waals surface area contributed by atoms with Crippen molar-refractivity contribution in [2.45, 2.75) is 0 Å². The first-order valence-electron chi connectivity index (χ1n) is 7.83. The first kappa shape index (κ1) is 15.6. The second kappa shape index (κ2) is 6.55. The molecule has 123 valence electrons. The van der Waals surface area contributed by atoms with Crippen LogP contribution in [0.3, 0.4) is 0 Å². The summed E-state index contributed by atoms with van der Waals surface area (Å²) in [4.78, 5) is 20.8. The SMILES string of the molecule is O=C(Nc1ccccc1)C1=C[N+]2CN(c3cccc(Cl)c3)C=CC2=N1. The van der Waals surface area contributed by atoms with Crippen molar-refractivity contribution in [2.24, 2.45) is 4.99 Å². The zero-order chi connectivity index (χ0) is 17.2. The fourth-order valence-corrected chi connectivity index (χ4v) is 2.88. The third-order valence-corrected chi connectivity index (χ3v) is 4.15. The number of amidine groups is 1. The molecule has 2 aromatic carbocycles. The Bertz CT molecular complexity index is 905. The van der Waals surface area contributed by atoms with Crippen molar-refractivity contribution in [2.75, 3.05) is 16.9 Å². The minimum absolute atomic E-state index is 0.226. The van der Waals surface area contributed by atoms with Crippen LogP contribution in [0.15, 0.2) is 83.8 Å². The van der Waals surface area contributed by atoms with Gasteiger partial charge < -0.3 is 5.32 Å². The Morgan fingerprint density at radius 2 is 2.00 bits per heavy atom. The number of halogens is 1. The molecule has 2 aliphatic heterocycles. The van der Waals surface area contributed by atoms with Gasteiger partial charge in [-0.1, -0.05) is 40.8 Å². The first-order valence-corrected chi connectivity index (χ1v) is 8.21. The third-order valence-electron chi connectivity index (χ3n) is 3.92. The molecule has 1 amide bonds. The lowest BCUT2D eigenvalue weighted by Crippen LogP contribution is -2.41. The lowest BCUT2D eigenvalue weighted by Gasteiger charge is -2.22. The van der Waals surface area contributed by atoms with Gasteiger partial charge in [-0.05, 0) is 30.3 Å². The monoisotopic (exact) mass is 350 g/mol. The van der Waals surface area contributed by atoms with Crippen molar-refractivity contribution < 1.29 is 4.79 Å². The molecule has 5 nitrogen and oxygen atoms in total. The smallest absolute Gasteiger partial charge is 0.285 e. The average Bonchev–Trinajstić information content (AvgIpc) is 3.06. The number of nitrogens with one attached hydrogen (secondary N) is 1. The maximum Gasteiger partial charge on any atom is 0.285 e. The number of carbonyl (C=O) groups is 1. The molecule has 0 bridgehead atoms. The second-order valence-corrected chi connectivity index (χ2v) is 6.12. The standard InChI is InChI=1S/C19H15ClN4O/c20-14-5-4-8-16(11-14)23-10-9-18-22-17(12-24(18)13-23)19(25)21-15-6-2-1-3-7-15/h1-12H,13H2,(H,21,25)/q+1. The zero-order valence-electron chi connectivity index (χ0n) is 13.3. The molecule has 0 fully saturated rings. The van der Waals surface area contributed by atoms with Gasteiger partial charge in [0.05, 0.1) is 0 Å². The summed E-state index contributed by atoms with van der Waals surface area (Å²) in [6.45, 7) is 0.567. The molecule has 2 heterocycles. The number of carbonyl (C=O) groups excluding carboxylic acids is 1. The van der Waals surface area contributed by atoms with E-state index < -0.39 is 0 Å². The van der Waals surface area contributed by atoms with E-state index >= 15 is 0 Å². The van der Waals surface area contributed by atoms with Crippen LogP contribution in [-0.4, -0.2) is 18.4 Å². The van der Waals surface area contributed by atoms with Crippen LogP contribution in [-0.2, 0) is 4.79 Å². The Labute approximate surface area is 150 Å². The first-order chi connectivity index (χ1) is 12.2. The summed E-state index contributed by atoms with van der Waals surface area (Å²) in [7, 11) is 0. The van der Waals surface area contributed by atoms with Crippen LogP contribution < -0.4 is 15.1 Å². The molecule has 0 saturated carbocycles. The largest absolute Gasteiger partial charge is 0.320 e. The zero-order valence-corrected chi connectivity index (χ0v) is 14.0. The molecule has 0 atom stereocenters. The second-order valence-electron chi connectivity index (χ2n) is 5.68. The highest BCUT2D eigenvalue weighted by molar-refractivity contribution is 6.30. The molecule has 1 N–H and O–H groups in total. The van der Waals surface area contributed by atoms with E-state index in [2.05, 4.69) is 10.3 Å². The topological polar surface area (TPSA) is 50.6 Å². The van der Waals surface area contributed by atoms with Crippen LogP contribution in [0.1, 0.15) is 0 Å². The molecule has 2 aromatic rings. The van der Waals surface area contributed by atoms with Crippen molar-refractivity contribution in [3.63, 3.8) is 0 Å². The number of fused-ring (bicyclic) bond motifs is 1. The van der Waals surface area contributed by atoms with Gasteiger partial charge in [-0.15, -0.1) is 0 Å². The van der Waals surface area contributed by atoms with Gasteiger partial charge in [-0.3, -0.25) is 9.69 Å². The molecule has 0 unspecified atom stereocenters. The van der Waals surface area contributed by atoms with Crippen LogP contribution in [0, 0.1) is 0 Å². The van der Waals surface area contributed by atoms with Gasteiger partial charge in [0.15, 0.2) is 11.9 Å². The minimum Gasteiger partial charge on any atom is -0.320 e. The minimum atomic E-state index is -0.226. The van der Waals surface area contributed by atoms with Gasteiger partial charge in [-0.25, -0.2) is 0 Å². The number of nitrogens with zero attached hydrogens (tertiary/aromatic N) is 3. The van der Waals surface area contributed by atoms with E-state index in [4.69, 9.17) is 11.6 Å². The normalized spacial score (nSPS) is 16.3. The van der Waals surface area contributed by atoms with Crippen molar-refractivity contribution in [1.29, 1.82) is 0 Å². The lowest BCUT2D eigenvalue weighted by atomic mass is 10.3. The summed E-state index contributed by atoms with van der Waals surface area (Å²) < 4.78 is 0. The van der Waals surface area contributed by atoms with E-state index in [0.29, 0.717) is 17.4 Å². The molecular weight excluding hydrogens is 336 g/mol. The fourth-order valence-electron chi connectivity index (χ4n) is 2.69. The van der Waals surface area contributed by atoms with E-state index in [0.717, 1.165) is 17.2 Å². The molecule has 4 rings (SSSR count). The molecule has 1 radical (unpaired) electrons. The van der Waals surface area contributed by atoms with Crippen LogP contribution in [0.25, 0.3) is 0 Å². The van der Waals surface area contributed by atoms with Crippen molar-refractivity contribution >= 4 is 34.7 Å². The van der Waals surface area contributed by atoms with Crippen molar-refractivity contribution in [3.8, 4) is 0 Å². The van der Waals surface area contributed by atoms with E-state index in [1.807, 2.05) is 76.7 Å². The predicted octanol–water partition coefficient (Wildman–Crippen LogP) is 3.66. The summed E-state index contributed by atoms with van der Waals surface area (Å²) in [5.41, 5.74) is 2.12. The molecule has 0 aromatic heterocycles. The van der Waals surface area contributed by atoms with E-state index in [1.165, 1.54) is 0 Å². The number of benzene rings is 2. The van der Waals surface area contributed by atoms with E-state index in [1.54, 1.807) is 6.20 Å². The summed E-state index contributed by atoms with van der Waals surface area (Å²) in [6, 6.07) is 17.0. The molecular formula is C19H15ClN4O+. The number of para-hydroxylation sites is 1. The highest BCUT2D eigenvalue weighted by Crippen LogP contribution is 2.24. The summed E-state index contributed by atoms with van der Waals surface area (Å²) in [5, 5.41) is 3.53. The van der Waals surface area contributed by atoms with Gasteiger partial charge in [0.25, 0.3) is 11.7 Å². The number of rotatable bonds is 3. The number of amides is 1. The highest BCUT2D eigenvalue weighted by atomic mass is 35.5. The van der Waals surface area contributed by atoms with Gasteiger partial charge in [0.2, 0.25) is 6.67 Å². The molecule has 0 aliphatic carbocycles. The van der Waals surface area contributed by atoms with E-state index in [9.17, 15) is 4.79 Å². The Balaban J connectivity index is 1.50. The summed E-state index contributed by atoms with van der Waals surface area (Å²) >= 11 is 6.06. The Kier molecular flexibility index (Phi) is 4.09. The number of aliphatic imine (C=N–C) groups is 1. The maximum atomic E-state index is 12.4. The molecule has 0 saturated heterocycles. The third kappa shape index (κ3) is 3.33. The summed E-state index contributed by atoms with van der Waals surface area (Å²) in [6.07, 6.45) is 5.57. The number of anilines is 2. The van der Waals surface area contributed by atoms with Gasteiger partial charge >= 0.3 is 0 Å². The van der Waals surface area contributed by atoms with Gasteiger partial charge in [0.1, 0.15) is 0 Å². The number of hydrogen-bond donors (Lipinski definition) is 1. The molecule has 2 aliphatic rings. The average molecular weight is 351 g/mol. The summed E-state index contributed by atoms with van der Waals surface area (Å²) in [5.74, 6) is 0.521. The van der Waals surface area contributed by atoms with Crippen molar-refractivity contribution in [1.82, 2.24) is 4.90 Å². The van der Waals surface area contributed by atoms with Crippen LogP contribution in [0.4, 0.5) is 11.4 Å². The molecule has 25 heavy (non-hydrogen) atoms. The van der Waals surface area contributed by atoms with Crippen molar-refractivity contribution in [3.05, 3.63) is 83.8 Å². The molecule has 6 heteroatoms. The number of hydrogen-bond acceptors (Lipinski definition) is 4. The van der Waals surface area contributed by atoms with Crippen LogP contribution >= 0.6 is 11.6 Å². The maximum absolute atomic E-state index is 12.4. The lowest BCUT2D eigenvalue weighted by molar-refractivity contribution is -0.112. The molecule has 0 spiro atoms. The van der Waals surface area contributed by atoms with E-state index in [-0.39, 0.29) is 5.91 Å². The fraction of sp³-hybridized carbons (Fsp3) is 0.0526.